The monoisotopic (exact) mass is 546 g/mol. The number of hydrogen-bond acceptors (Lipinski definition) is 5. The van der Waals surface area contributed by atoms with Gasteiger partial charge in [0.1, 0.15) is 11.5 Å². The number of halogens is 2. The zero-order valence-corrected chi connectivity index (χ0v) is 23.1. The van der Waals surface area contributed by atoms with Crippen LogP contribution in [0.4, 0.5) is 20.3 Å². The Balaban J connectivity index is 1.55. The highest BCUT2D eigenvalue weighted by Gasteiger charge is 2.60. The van der Waals surface area contributed by atoms with E-state index in [4.69, 9.17) is 9.72 Å². The molecule has 208 valence electrons. The van der Waals surface area contributed by atoms with E-state index in [0.29, 0.717) is 37.7 Å². The van der Waals surface area contributed by atoms with Gasteiger partial charge in [0.25, 0.3) is 11.8 Å². The number of amides is 2. The molecule has 2 aromatic heterocycles. The smallest absolute Gasteiger partial charge is 0.286 e. The number of allylic oxidation sites excluding steroid dienone is 1. The first-order valence-corrected chi connectivity index (χ1v) is 13.3. The average Bonchev–Trinajstić information content (AvgIpc) is 2.94. The van der Waals surface area contributed by atoms with Gasteiger partial charge in [-0.15, -0.1) is 6.58 Å². The Hall–Kier alpha value is -3.98. The molecule has 5 rings (SSSR count). The number of benzene rings is 1. The zero-order valence-electron chi connectivity index (χ0n) is 23.1. The first-order valence-electron chi connectivity index (χ1n) is 13.3. The first kappa shape index (κ1) is 27.6. The fourth-order valence-electron chi connectivity index (χ4n) is 5.90. The fourth-order valence-corrected chi connectivity index (χ4v) is 5.90. The van der Waals surface area contributed by atoms with E-state index in [0.717, 1.165) is 35.2 Å². The van der Waals surface area contributed by atoms with Crippen LogP contribution in [0.3, 0.4) is 0 Å². The highest BCUT2D eigenvalue weighted by Crippen LogP contribution is 2.55. The molecule has 9 heteroatoms. The predicted molar refractivity (Wildman–Crippen MR) is 150 cm³/mol. The third-order valence-electron chi connectivity index (χ3n) is 8.28. The van der Waals surface area contributed by atoms with Gasteiger partial charge in [-0.05, 0) is 68.7 Å². The molecule has 0 unspecified atom stereocenters. The normalized spacial score (nSPS) is 22.4. The Morgan fingerprint density at radius 2 is 2.02 bits per heavy atom. The van der Waals surface area contributed by atoms with Crippen LogP contribution >= 0.6 is 0 Å². The first-order chi connectivity index (χ1) is 18.9. The number of aryl methyl sites for hydroxylation is 1. The molecular weight excluding hydrogens is 514 g/mol. The standard InChI is InChI=1S/C31H32F2N4O3/c1-6-31-11-13-40-18-29(31,4)28(39)37(7-2)26-24(31)14-21(17-35-26)23-16-22(9-8-19(23)3)36-27(38)20-10-12-34-25(15-20)30(5,32)33/h6,8-10,12,14-17H,1,7,11,13,18H2,2-5H3,(H,36,38)/t29-,31-/m1/s1. The molecule has 2 aliphatic heterocycles. The van der Waals surface area contributed by atoms with Gasteiger partial charge in [0.2, 0.25) is 5.91 Å². The highest BCUT2D eigenvalue weighted by atomic mass is 19.3. The largest absolute Gasteiger partial charge is 0.380 e. The minimum Gasteiger partial charge on any atom is -0.380 e. The van der Waals surface area contributed by atoms with E-state index in [-0.39, 0.29) is 11.5 Å². The van der Waals surface area contributed by atoms with Gasteiger partial charge in [0.05, 0.1) is 12.0 Å². The number of alkyl halides is 2. The van der Waals surface area contributed by atoms with Crippen LogP contribution in [0, 0.1) is 12.3 Å². The molecule has 1 fully saturated rings. The molecule has 1 aromatic carbocycles. The summed E-state index contributed by atoms with van der Waals surface area (Å²) in [4.78, 5) is 36.8. The average molecular weight is 547 g/mol. The minimum atomic E-state index is -3.16. The molecule has 2 amide bonds. The zero-order chi connectivity index (χ0) is 28.9. The molecule has 1 N–H and O–H groups in total. The summed E-state index contributed by atoms with van der Waals surface area (Å²) in [5.41, 5.74) is 2.20. The van der Waals surface area contributed by atoms with Gasteiger partial charge in [-0.1, -0.05) is 12.1 Å². The van der Waals surface area contributed by atoms with E-state index in [1.165, 1.54) is 12.3 Å². The summed E-state index contributed by atoms with van der Waals surface area (Å²) in [7, 11) is 0. The Bertz CT molecular complexity index is 1520. The van der Waals surface area contributed by atoms with E-state index in [2.05, 4.69) is 22.9 Å². The van der Waals surface area contributed by atoms with E-state index in [1.54, 1.807) is 17.2 Å². The third kappa shape index (κ3) is 4.29. The second-order valence-electron chi connectivity index (χ2n) is 10.8. The van der Waals surface area contributed by atoms with Gasteiger partial charge in [-0.2, -0.15) is 8.78 Å². The molecule has 0 radical (unpaired) electrons. The Kier molecular flexibility index (Phi) is 6.82. The molecule has 40 heavy (non-hydrogen) atoms. The van der Waals surface area contributed by atoms with Crippen molar-refractivity contribution >= 4 is 23.3 Å². The molecule has 7 nitrogen and oxygen atoms in total. The Morgan fingerprint density at radius 3 is 2.73 bits per heavy atom. The van der Waals surface area contributed by atoms with Crippen LogP contribution in [-0.2, 0) is 20.9 Å². The summed E-state index contributed by atoms with van der Waals surface area (Å²) in [5, 5.41) is 2.81. The lowest BCUT2D eigenvalue weighted by molar-refractivity contribution is -0.142. The van der Waals surface area contributed by atoms with Crippen molar-refractivity contribution in [2.24, 2.45) is 5.41 Å². The molecule has 4 heterocycles. The van der Waals surface area contributed by atoms with E-state index in [9.17, 15) is 18.4 Å². The van der Waals surface area contributed by atoms with E-state index < -0.39 is 28.4 Å². The number of rotatable bonds is 6. The van der Waals surface area contributed by atoms with Crippen LogP contribution in [0.2, 0.25) is 0 Å². The number of aromatic nitrogens is 2. The minimum absolute atomic E-state index is 0.0247. The lowest BCUT2D eigenvalue weighted by atomic mass is 9.56. The number of pyridine rings is 2. The molecule has 2 aliphatic rings. The third-order valence-corrected chi connectivity index (χ3v) is 8.28. The number of hydrogen-bond donors (Lipinski definition) is 1. The second kappa shape index (κ2) is 9.89. The van der Waals surface area contributed by atoms with Crippen LogP contribution in [-0.4, -0.2) is 41.5 Å². The van der Waals surface area contributed by atoms with Crippen molar-refractivity contribution in [3.63, 3.8) is 0 Å². The van der Waals surface area contributed by atoms with Gasteiger partial charge in [0, 0.05) is 60.3 Å². The lowest BCUT2D eigenvalue weighted by Gasteiger charge is -2.54. The summed E-state index contributed by atoms with van der Waals surface area (Å²) in [6.07, 6.45) is 5.41. The number of carbonyl (C=O) groups is 2. The second-order valence-corrected chi connectivity index (χ2v) is 10.8. The van der Waals surface area contributed by atoms with E-state index >= 15 is 0 Å². The highest BCUT2D eigenvalue weighted by molar-refractivity contribution is 6.05. The molecule has 1 saturated heterocycles. The van der Waals surface area contributed by atoms with Crippen molar-refractivity contribution in [2.45, 2.75) is 45.5 Å². The van der Waals surface area contributed by atoms with Crippen molar-refractivity contribution in [1.82, 2.24) is 9.97 Å². The number of nitrogens with one attached hydrogen (secondary N) is 1. The maximum absolute atomic E-state index is 13.7. The van der Waals surface area contributed by atoms with Gasteiger partial charge in [-0.25, -0.2) is 4.98 Å². The number of fused-ring (bicyclic) bond motifs is 3. The number of ether oxygens (including phenoxy) is 1. The lowest BCUT2D eigenvalue weighted by Crippen LogP contribution is -2.62. The van der Waals surface area contributed by atoms with Crippen molar-refractivity contribution in [3.05, 3.63) is 83.8 Å². The van der Waals surface area contributed by atoms with Gasteiger partial charge >= 0.3 is 0 Å². The Labute approximate surface area is 232 Å². The molecular formula is C31H32F2N4O3. The van der Waals surface area contributed by atoms with Gasteiger partial charge in [-0.3, -0.25) is 19.5 Å². The van der Waals surface area contributed by atoms with Crippen molar-refractivity contribution in [3.8, 4) is 11.1 Å². The Morgan fingerprint density at radius 1 is 1.25 bits per heavy atom. The van der Waals surface area contributed by atoms with Gasteiger partial charge < -0.3 is 10.1 Å². The molecule has 0 bridgehead atoms. The van der Waals surface area contributed by atoms with Crippen LogP contribution in [0.1, 0.15) is 54.4 Å². The number of anilines is 2. The number of carbonyl (C=O) groups excluding carboxylic acids is 2. The van der Waals surface area contributed by atoms with Crippen LogP contribution < -0.4 is 10.2 Å². The van der Waals surface area contributed by atoms with Crippen molar-refractivity contribution in [2.75, 3.05) is 30.0 Å². The molecule has 0 aliphatic carbocycles. The van der Waals surface area contributed by atoms with Crippen LogP contribution in [0.25, 0.3) is 11.1 Å². The summed E-state index contributed by atoms with van der Waals surface area (Å²) in [5.74, 6) is -3.08. The van der Waals surface area contributed by atoms with Crippen LogP contribution in [0.15, 0.2) is 61.4 Å². The maximum atomic E-state index is 13.7. The molecule has 2 atom stereocenters. The molecule has 0 spiro atoms. The summed E-state index contributed by atoms with van der Waals surface area (Å²) in [6.45, 7) is 12.0. The van der Waals surface area contributed by atoms with Crippen molar-refractivity contribution < 1.29 is 23.1 Å². The van der Waals surface area contributed by atoms with E-state index in [1.807, 2.05) is 39.0 Å². The fraction of sp³-hybridized carbons (Fsp3) is 0.355. The number of nitrogens with zero attached hydrogens (tertiary/aromatic N) is 3. The summed E-state index contributed by atoms with van der Waals surface area (Å²) in [6, 6.07) is 10.0. The van der Waals surface area contributed by atoms with Crippen molar-refractivity contribution in [1.29, 1.82) is 0 Å². The predicted octanol–water partition coefficient (Wildman–Crippen LogP) is 6.03. The maximum Gasteiger partial charge on any atom is 0.286 e. The molecule has 3 aromatic rings. The quantitative estimate of drug-likeness (QED) is 0.382. The van der Waals surface area contributed by atoms with Gasteiger partial charge in [0.15, 0.2) is 0 Å². The summed E-state index contributed by atoms with van der Waals surface area (Å²) >= 11 is 0. The SMILES string of the molecule is C=C[C@]12CCOC[C@]1(C)C(=O)N(CC)c1ncc(-c3cc(NC(=O)c4ccnc(C(C)(F)F)c4)ccc3C)cc12. The molecule has 0 saturated carbocycles. The summed E-state index contributed by atoms with van der Waals surface area (Å²) < 4.78 is 33.3. The van der Waals surface area contributed by atoms with Crippen LogP contribution in [0.5, 0.6) is 0 Å². The topological polar surface area (TPSA) is 84.4 Å².